The molecule has 1 fully saturated rings. The van der Waals surface area contributed by atoms with E-state index in [0.717, 1.165) is 79.3 Å². The zero-order chi connectivity index (χ0) is 22.3. The van der Waals surface area contributed by atoms with Crippen molar-refractivity contribution >= 4 is 11.6 Å². The Labute approximate surface area is 186 Å². The molecule has 2 aliphatic heterocycles. The average molecular weight is 422 g/mol. The van der Waals surface area contributed by atoms with Gasteiger partial charge in [0.15, 0.2) is 0 Å². The number of fused-ring (bicyclic) bond motifs is 1. The Kier molecular flexibility index (Phi) is 5.73. The van der Waals surface area contributed by atoms with Crippen LogP contribution in [0.3, 0.4) is 0 Å². The Balaban J connectivity index is 1.38. The zero-order valence-electron chi connectivity index (χ0n) is 19.5. The van der Waals surface area contributed by atoms with Gasteiger partial charge in [-0.05, 0) is 68.5 Å². The van der Waals surface area contributed by atoms with Gasteiger partial charge in [-0.1, -0.05) is 19.1 Å². The van der Waals surface area contributed by atoms with E-state index < -0.39 is 0 Å². The molecule has 2 aliphatic rings. The number of nitrogens with zero attached hydrogens (tertiary/aromatic N) is 2. The van der Waals surface area contributed by atoms with Crippen LogP contribution in [0.1, 0.15) is 52.0 Å². The van der Waals surface area contributed by atoms with E-state index in [-0.39, 0.29) is 11.5 Å². The minimum atomic E-state index is -0.264. The summed E-state index contributed by atoms with van der Waals surface area (Å²) in [5.41, 5.74) is 13.7. The van der Waals surface area contributed by atoms with Gasteiger partial charge < -0.3 is 15.4 Å². The molecule has 0 bridgehead atoms. The van der Waals surface area contributed by atoms with Gasteiger partial charge in [-0.15, -0.1) is 0 Å². The van der Waals surface area contributed by atoms with Crippen molar-refractivity contribution in [3.63, 3.8) is 0 Å². The van der Waals surface area contributed by atoms with Crippen LogP contribution in [-0.4, -0.2) is 54.0 Å². The average Bonchev–Trinajstić information content (AvgIpc) is 3.14. The third kappa shape index (κ3) is 4.03. The molecule has 2 N–H and O–H groups in total. The highest BCUT2D eigenvalue weighted by Crippen LogP contribution is 2.43. The smallest absolute Gasteiger partial charge is 0.253 e. The Bertz CT molecular complexity index is 952. The third-order valence-corrected chi connectivity index (χ3v) is 7.16. The molecule has 166 valence electrons. The quantitative estimate of drug-likeness (QED) is 0.761. The van der Waals surface area contributed by atoms with Crippen molar-refractivity contribution in [3.05, 3.63) is 57.6 Å². The monoisotopic (exact) mass is 421 g/mol. The summed E-state index contributed by atoms with van der Waals surface area (Å²) in [5, 5.41) is 0. The Morgan fingerprint density at radius 2 is 1.68 bits per heavy atom. The van der Waals surface area contributed by atoms with Crippen molar-refractivity contribution in [2.45, 2.75) is 53.1 Å². The standard InChI is InChI=1S/C26H35N3O2/c1-6-20-7-9-21(10-8-20)25(30)29-13-11-28(12-14-29)16-26(5)15-22-19(4)23(27)17(2)18(3)24(22)31-26/h7-10H,6,11-16,27H2,1-5H3. The molecule has 2 heterocycles. The number of carbonyl (C=O) groups is 1. The second-order valence-corrected chi connectivity index (χ2v) is 9.44. The van der Waals surface area contributed by atoms with E-state index in [1.165, 1.54) is 11.1 Å². The molecule has 31 heavy (non-hydrogen) atoms. The fourth-order valence-electron chi connectivity index (χ4n) is 4.96. The zero-order valence-corrected chi connectivity index (χ0v) is 19.5. The number of hydrogen-bond acceptors (Lipinski definition) is 4. The summed E-state index contributed by atoms with van der Waals surface area (Å²) in [5.74, 6) is 1.16. The summed E-state index contributed by atoms with van der Waals surface area (Å²) >= 11 is 0. The number of nitrogen functional groups attached to an aromatic ring is 1. The summed E-state index contributed by atoms with van der Waals surface area (Å²) in [4.78, 5) is 17.3. The van der Waals surface area contributed by atoms with Crippen LogP contribution in [0.2, 0.25) is 0 Å². The maximum Gasteiger partial charge on any atom is 0.253 e. The molecule has 0 aromatic heterocycles. The number of anilines is 1. The van der Waals surface area contributed by atoms with E-state index in [9.17, 15) is 4.79 Å². The highest BCUT2D eigenvalue weighted by Gasteiger charge is 2.40. The van der Waals surface area contributed by atoms with Crippen molar-refractivity contribution in [2.24, 2.45) is 0 Å². The van der Waals surface area contributed by atoms with Crippen LogP contribution in [0, 0.1) is 20.8 Å². The predicted octanol–water partition coefficient (Wildman–Crippen LogP) is 3.91. The first-order valence-corrected chi connectivity index (χ1v) is 11.4. The van der Waals surface area contributed by atoms with Gasteiger partial charge in [0.25, 0.3) is 5.91 Å². The first-order chi connectivity index (χ1) is 14.7. The number of hydrogen-bond donors (Lipinski definition) is 1. The molecule has 1 unspecified atom stereocenters. The topological polar surface area (TPSA) is 58.8 Å². The maximum atomic E-state index is 12.9. The van der Waals surface area contributed by atoms with Gasteiger partial charge in [-0.2, -0.15) is 0 Å². The van der Waals surface area contributed by atoms with Gasteiger partial charge in [0.2, 0.25) is 0 Å². The number of ether oxygens (including phenoxy) is 1. The number of benzene rings is 2. The molecular weight excluding hydrogens is 386 g/mol. The van der Waals surface area contributed by atoms with Crippen molar-refractivity contribution in [2.75, 3.05) is 38.5 Å². The second-order valence-electron chi connectivity index (χ2n) is 9.44. The Morgan fingerprint density at radius 1 is 1.03 bits per heavy atom. The van der Waals surface area contributed by atoms with E-state index in [1.54, 1.807) is 0 Å². The Hall–Kier alpha value is -2.53. The van der Waals surface area contributed by atoms with E-state index >= 15 is 0 Å². The van der Waals surface area contributed by atoms with Crippen LogP contribution < -0.4 is 10.5 Å². The van der Waals surface area contributed by atoms with E-state index in [1.807, 2.05) is 17.0 Å². The van der Waals surface area contributed by atoms with Crippen LogP contribution in [0.4, 0.5) is 5.69 Å². The molecule has 0 aliphatic carbocycles. The maximum absolute atomic E-state index is 12.9. The molecule has 1 saturated heterocycles. The summed E-state index contributed by atoms with van der Waals surface area (Å²) in [6.07, 6.45) is 1.87. The van der Waals surface area contributed by atoms with Gasteiger partial charge in [0.05, 0.1) is 0 Å². The largest absolute Gasteiger partial charge is 0.485 e. The number of aryl methyl sites for hydroxylation is 1. The molecule has 0 spiro atoms. The number of nitrogens with two attached hydrogens (primary N) is 1. The first-order valence-electron chi connectivity index (χ1n) is 11.4. The molecule has 0 radical (unpaired) electrons. The second kappa shape index (κ2) is 8.19. The molecule has 2 aromatic carbocycles. The molecule has 1 atom stereocenters. The number of carbonyl (C=O) groups excluding carboxylic acids is 1. The Morgan fingerprint density at radius 3 is 2.29 bits per heavy atom. The van der Waals surface area contributed by atoms with Crippen molar-refractivity contribution in [1.29, 1.82) is 0 Å². The van der Waals surface area contributed by atoms with E-state index in [2.05, 4.69) is 51.7 Å². The molecule has 0 saturated carbocycles. The van der Waals surface area contributed by atoms with Gasteiger partial charge in [0.1, 0.15) is 11.4 Å². The highest BCUT2D eigenvalue weighted by atomic mass is 16.5. The van der Waals surface area contributed by atoms with Crippen molar-refractivity contribution in [3.8, 4) is 5.75 Å². The highest BCUT2D eigenvalue weighted by molar-refractivity contribution is 5.94. The van der Waals surface area contributed by atoms with Crippen molar-refractivity contribution in [1.82, 2.24) is 9.80 Å². The van der Waals surface area contributed by atoms with Gasteiger partial charge in [-0.3, -0.25) is 9.69 Å². The summed E-state index contributed by atoms with van der Waals surface area (Å²) in [6.45, 7) is 14.7. The lowest BCUT2D eigenvalue weighted by molar-refractivity contribution is 0.0342. The van der Waals surface area contributed by atoms with Crippen LogP contribution in [-0.2, 0) is 12.8 Å². The lowest BCUT2D eigenvalue weighted by Gasteiger charge is -2.38. The molecular formula is C26H35N3O2. The summed E-state index contributed by atoms with van der Waals surface area (Å²) in [6, 6.07) is 8.02. The normalized spacial score (nSPS) is 21.1. The molecule has 5 heteroatoms. The lowest BCUT2D eigenvalue weighted by atomic mass is 9.91. The fourth-order valence-corrected chi connectivity index (χ4v) is 4.96. The molecule has 2 aromatic rings. The summed E-state index contributed by atoms with van der Waals surface area (Å²) in [7, 11) is 0. The molecule has 1 amide bonds. The van der Waals surface area contributed by atoms with E-state index in [4.69, 9.17) is 10.5 Å². The lowest BCUT2D eigenvalue weighted by Crippen LogP contribution is -2.53. The van der Waals surface area contributed by atoms with Crippen LogP contribution in [0.15, 0.2) is 24.3 Å². The fraction of sp³-hybridized carbons (Fsp3) is 0.500. The van der Waals surface area contributed by atoms with Gasteiger partial charge >= 0.3 is 0 Å². The number of piperazine rings is 1. The third-order valence-electron chi connectivity index (χ3n) is 7.16. The van der Waals surface area contributed by atoms with Gasteiger partial charge in [-0.25, -0.2) is 0 Å². The molecule has 4 rings (SSSR count). The van der Waals surface area contributed by atoms with Crippen molar-refractivity contribution < 1.29 is 9.53 Å². The predicted molar refractivity (Wildman–Crippen MR) is 126 cm³/mol. The molecule has 5 nitrogen and oxygen atoms in total. The van der Waals surface area contributed by atoms with Gasteiger partial charge in [0, 0.05) is 56.0 Å². The minimum Gasteiger partial charge on any atom is -0.485 e. The van der Waals surface area contributed by atoms with Crippen LogP contribution >= 0.6 is 0 Å². The first kappa shape index (κ1) is 21.7. The summed E-state index contributed by atoms with van der Waals surface area (Å²) < 4.78 is 6.53. The minimum absolute atomic E-state index is 0.134. The van der Waals surface area contributed by atoms with E-state index in [0.29, 0.717) is 0 Å². The number of amides is 1. The van der Waals surface area contributed by atoms with Crippen LogP contribution in [0.5, 0.6) is 5.75 Å². The van der Waals surface area contributed by atoms with Crippen LogP contribution in [0.25, 0.3) is 0 Å². The number of rotatable bonds is 4. The SMILES string of the molecule is CCc1ccc(C(=O)N2CCN(CC3(C)Cc4c(C)c(N)c(C)c(C)c4O3)CC2)cc1.